The highest BCUT2D eigenvalue weighted by Gasteiger charge is 2.23. The summed E-state index contributed by atoms with van der Waals surface area (Å²) in [4.78, 5) is 2.36. The van der Waals surface area contributed by atoms with Crippen LogP contribution in [0.15, 0.2) is 197 Å². The molecule has 11 rings (SSSR count). The number of benzene rings is 9. The molecule has 0 aliphatic heterocycles. The molecule has 248 valence electrons. The third-order valence-corrected chi connectivity index (χ3v) is 10.6. The quantitative estimate of drug-likeness (QED) is 0.182. The van der Waals surface area contributed by atoms with Crippen molar-refractivity contribution in [3.05, 3.63) is 188 Å². The summed E-state index contributed by atoms with van der Waals surface area (Å²) >= 11 is 0. The standard InChI is InChI=1S/C50H31NO2/c1-2-12-33-27-37(24-23-32(33)11-1)34-15-9-16-39(28-34)51(46-21-10-19-42-41-18-6-8-22-47(41)53-50(42)46)45-20-7-5-17-40(45)38-25-26-48-43(30-38)44-29-35-13-3-4-14-36(35)31-49(44)52-48/h1-31H. The number of nitrogens with zero attached hydrogens (tertiary/aromatic N) is 1. The lowest BCUT2D eigenvalue weighted by Crippen LogP contribution is -2.11. The second-order valence-electron chi connectivity index (χ2n) is 13.7. The maximum Gasteiger partial charge on any atom is 0.159 e. The van der Waals surface area contributed by atoms with Crippen molar-refractivity contribution in [2.24, 2.45) is 0 Å². The highest BCUT2D eigenvalue weighted by molar-refractivity contribution is 6.13. The van der Waals surface area contributed by atoms with Gasteiger partial charge in [0.1, 0.15) is 16.7 Å². The lowest BCUT2D eigenvalue weighted by Gasteiger charge is -2.28. The van der Waals surface area contributed by atoms with Gasteiger partial charge in [0.25, 0.3) is 0 Å². The van der Waals surface area contributed by atoms with Crippen molar-refractivity contribution in [1.29, 1.82) is 0 Å². The number of hydrogen-bond donors (Lipinski definition) is 0. The highest BCUT2D eigenvalue weighted by atomic mass is 16.3. The number of fused-ring (bicyclic) bond motifs is 8. The Kier molecular flexibility index (Phi) is 6.55. The number of rotatable bonds is 5. The van der Waals surface area contributed by atoms with E-state index in [2.05, 4.69) is 181 Å². The van der Waals surface area contributed by atoms with Gasteiger partial charge in [-0.1, -0.05) is 127 Å². The lowest BCUT2D eigenvalue weighted by atomic mass is 9.98. The Morgan fingerprint density at radius 3 is 1.87 bits per heavy atom. The molecule has 2 aromatic heterocycles. The number of para-hydroxylation sites is 3. The molecule has 3 heteroatoms. The van der Waals surface area contributed by atoms with Gasteiger partial charge in [-0.05, 0) is 98.9 Å². The van der Waals surface area contributed by atoms with Gasteiger partial charge in [0.15, 0.2) is 5.58 Å². The Morgan fingerprint density at radius 1 is 0.321 bits per heavy atom. The topological polar surface area (TPSA) is 29.5 Å². The number of hydrogen-bond acceptors (Lipinski definition) is 3. The van der Waals surface area contributed by atoms with Gasteiger partial charge in [0.05, 0.1) is 11.4 Å². The summed E-state index contributed by atoms with van der Waals surface area (Å²) in [6, 6.07) is 66.9. The first kappa shape index (κ1) is 29.6. The largest absolute Gasteiger partial charge is 0.456 e. The van der Waals surface area contributed by atoms with Gasteiger partial charge >= 0.3 is 0 Å². The molecule has 11 aromatic rings. The van der Waals surface area contributed by atoms with Gasteiger partial charge in [-0.25, -0.2) is 0 Å². The molecule has 9 aromatic carbocycles. The van der Waals surface area contributed by atoms with Crippen molar-refractivity contribution in [2.45, 2.75) is 0 Å². The second kappa shape index (κ2) is 11.7. The Labute approximate surface area is 305 Å². The molecule has 0 unspecified atom stereocenters. The second-order valence-corrected chi connectivity index (χ2v) is 13.7. The maximum atomic E-state index is 6.69. The van der Waals surface area contributed by atoms with Crippen molar-refractivity contribution < 1.29 is 8.83 Å². The monoisotopic (exact) mass is 677 g/mol. The van der Waals surface area contributed by atoms with Crippen LogP contribution in [0.5, 0.6) is 0 Å². The van der Waals surface area contributed by atoms with Gasteiger partial charge in [-0.2, -0.15) is 0 Å². The molecule has 2 heterocycles. The first-order valence-corrected chi connectivity index (χ1v) is 18.0. The van der Waals surface area contributed by atoms with Gasteiger partial charge in [0, 0.05) is 32.8 Å². The van der Waals surface area contributed by atoms with Crippen molar-refractivity contribution >= 4 is 82.5 Å². The normalized spacial score (nSPS) is 11.8. The van der Waals surface area contributed by atoms with E-state index in [0.29, 0.717) is 0 Å². The minimum absolute atomic E-state index is 0.850. The highest BCUT2D eigenvalue weighted by Crippen LogP contribution is 2.46. The van der Waals surface area contributed by atoms with Crippen LogP contribution in [0.2, 0.25) is 0 Å². The molecule has 0 spiro atoms. The Hall–Kier alpha value is -7.10. The molecule has 0 atom stereocenters. The summed E-state index contributed by atoms with van der Waals surface area (Å²) in [5, 5.41) is 9.23. The fraction of sp³-hybridized carbons (Fsp3) is 0. The van der Waals surface area contributed by atoms with Crippen LogP contribution < -0.4 is 4.90 Å². The van der Waals surface area contributed by atoms with Crippen LogP contribution in [-0.4, -0.2) is 0 Å². The molecule has 0 bridgehead atoms. The van der Waals surface area contributed by atoms with E-state index in [0.717, 1.165) is 77.6 Å². The molecular formula is C50H31NO2. The Bertz CT molecular complexity index is 3200. The van der Waals surface area contributed by atoms with Crippen molar-refractivity contribution in [1.82, 2.24) is 0 Å². The zero-order chi connectivity index (χ0) is 34.9. The van der Waals surface area contributed by atoms with E-state index >= 15 is 0 Å². The fourth-order valence-corrected chi connectivity index (χ4v) is 8.05. The summed E-state index contributed by atoms with van der Waals surface area (Å²) in [5.74, 6) is 0. The average Bonchev–Trinajstić information content (AvgIpc) is 3.78. The third-order valence-electron chi connectivity index (χ3n) is 10.6. The molecule has 0 amide bonds. The van der Waals surface area contributed by atoms with E-state index in [4.69, 9.17) is 8.83 Å². The number of anilines is 3. The molecule has 3 nitrogen and oxygen atoms in total. The molecule has 0 saturated heterocycles. The molecule has 0 radical (unpaired) electrons. The number of furan rings is 2. The van der Waals surface area contributed by atoms with E-state index in [1.165, 1.54) is 27.1 Å². The van der Waals surface area contributed by atoms with E-state index < -0.39 is 0 Å². The zero-order valence-corrected chi connectivity index (χ0v) is 28.7. The van der Waals surface area contributed by atoms with Gasteiger partial charge in [-0.3, -0.25) is 0 Å². The molecule has 0 saturated carbocycles. The van der Waals surface area contributed by atoms with Crippen LogP contribution in [0.1, 0.15) is 0 Å². The van der Waals surface area contributed by atoms with Gasteiger partial charge in [0.2, 0.25) is 0 Å². The Balaban J connectivity index is 1.14. The van der Waals surface area contributed by atoms with Crippen molar-refractivity contribution in [2.75, 3.05) is 4.90 Å². The zero-order valence-electron chi connectivity index (χ0n) is 28.7. The molecule has 0 N–H and O–H groups in total. The van der Waals surface area contributed by atoms with Crippen LogP contribution in [0.3, 0.4) is 0 Å². The van der Waals surface area contributed by atoms with Gasteiger partial charge < -0.3 is 13.7 Å². The summed E-state index contributed by atoms with van der Waals surface area (Å²) in [7, 11) is 0. The van der Waals surface area contributed by atoms with E-state index in [1.54, 1.807) is 0 Å². The molecule has 0 aliphatic carbocycles. The van der Waals surface area contributed by atoms with Crippen LogP contribution in [0, 0.1) is 0 Å². The molecule has 0 aliphatic rings. The van der Waals surface area contributed by atoms with Crippen LogP contribution in [0.25, 0.3) is 87.7 Å². The SMILES string of the molecule is c1cc(-c2ccc3ccccc3c2)cc(N(c2ccccc2-c2ccc3oc4cc5ccccc5cc4c3c2)c2cccc3c2oc2ccccc23)c1. The molecule has 53 heavy (non-hydrogen) atoms. The molecular weight excluding hydrogens is 647 g/mol. The fourth-order valence-electron chi connectivity index (χ4n) is 8.05. The first-order valence-electron chi connectivity index (χ1n) is 18.0. The third kappa shape index (κ3) is 4.82. The van der Waals surface area contributed by atoms with Crippen molar-refractivity contribution in [3.63, 3.8) is 0 Å². The maximum absolute atomic E-state index is 6.69. The van der Waals surface area contributed by atoms with Crippen LogP contribution >= 0.6 is 0 Å². The van der Waals surface area contributed by atoms with Crippen LogP contribution in [-0.2, 0) is 0 Å². The van der Waals surface area contributed by atoms with E-state index in [9.17, 15) is 0 Å². The van der Waals surface area contributed by atoms with E-state index in [-0.39, 0.29) is 0 Å². The summed E-state index contributed by atoms with van der Waals surface area (Å²) in [6.07, 6.45) is 0. The minimum atomic E-state index is 0.850. The summed E-state index contributed by atoms with van der Waals surface area (Å²) in [6.45, 7) is 0. The molecule has 0 fully saturated rings. The summed E-state index contributed by atoms with van der Waals surface area (Å²) < 4.78 is 13.1. The smallest absolute Gasteiger partial charge is 0.159 e. The predicted molar refractivity (Wildman–Crippen MR) is 222 cm³/mol. The predicted octanol–water partition coefficient (Wildman–Crippen LogP) is 14.6. The minimum Gasteiger partial charge on any atom is -0.456 e. The lowest BCUT2D eigenvalue weighted by molar-refractivity contribution is 0.669. The Morgan fingerprint density at radius 2 is 0.962 bits per heavy atom. The average molecular weight is 678 g/mol. The van der Waals surface area contributed by atoms with E-state index in [1.807, 2.05) is 12.1 Å². The summed E-state index contributed by atoms with van der Waals surface area (Å²) in [5.41, 5.74) is 11.1. The van der Waals surface area contributed by atoms with Gasteiger partial charge in [-0.15, -0.1) is 0 Å². The van der Waals surface area contributed by atoms with Crippen LogP contribution in [0.4, 0.5) is 17.1 Å². The first-order chi connectivity index (χ1) is 26.2. The van der Waals surface area contributed by atoms with Crippen molar-refractivity contribution in [3.8, 4) is 22.3 Å².